The van der Waals surface area contributed by atoms with Crippen molar-refractivity contribution >= 4 is 71.0 Å². The molecule has 0 aromatic heterocycles. The van der Waals surface area contributed by atoms with Crippen molar-refractivity contribution in [3.05, 3.63) is 0 Å². The quantitative estimate of drug-likeness (QED) is 0.0337. The second kappa shape index (κ2) is 42.6. The number of carbonyl (C=O) groups excluding carboxylic acids is 11. The molecule has 1 aliphatic rings. The molecule has 1 rings (SSSR count). The standard InChI is InChI=1S/C63H112N10O17/c1-15-16-17-18-19-20-21-22-23-24-41(76)31-49(77)64-43(27-34(2)3)55(81)65-42(25-26-50(78)79)54(80)73-53-40(14)90-63(89)52(39(12)13)72-60(86)48(33-75)70-57(83)45(29-36(6)7)66-56(82)44(28-35(4)5)67-59(85)47(32-74)69-58(84)46(30-37(8)9)68-61(87)51(38(10)11)71-62(53)88/h34-48,51-53,74-76H,15-33H2,1-14H3,(H,64,77)(H,65,81)(H,66,82)(H,67,85)(H,68,87)(H,69,84)(H,70,83)(H,71,88)(H,72,86)(H,73,80)(H,78,79)/t40-,41-,42-,43+,44+,45+,46+,47-,48-,51+,52+,53+/m0/s1. The van der Waals surface area contributed by atoms with Crippen molar-refractivity contribution in [1.29, 1.82) is 0 Å². The van der Waals surface area contributed by atoms with E-state index in [0.29, 0.717) is 12.8 Å². The zero-order valence-corrected chi connectivity index (χ0v) is 55.9. The molecule has 0 radical (unpaired) electrons. The molecule has 14 N–H and O–H groups in total. The molecule has 0 saturated carbocycles. The second-order valence-electron chi connectivity index (χ2n) is 26.4. The van der Waals surface area contributed by atoms with Crippen molar-refractivity contribution in [2.75, 3.05) is 13.2 Å². The van der Waals surface area contributed by atoms with Gasteiger partial charge in [-0.25, -0.2) is 4.79 Å². The van der Waals surface area contributed by atoms with Gasteiger partial charge in [0.2, 0.25) is 59.1 Å². The number of carbonyl (C=O) groups is 12. The smallest absolute Gasteiger partial charge is 0.329 e. The molecule has 27 heteroatoms. The molecule has 1 aliphatic heterocycles. The summed E-state index contributed by atoms with van der Waals surface area (Å²) in [5, 5.41) is 66.8. The summed E-state index contributed by atoms with van der Waals surface area (Å²) in [5.41, 5.74) is 0. The Balaban J connectivity index is 3.98. The Morgan fingerprint density at radius 3 is 1.32 bits per heavy atom. The lowest BCUT2D eigenvalue weighted by molar-refractivity contribution is -0.157. The summed E-state index contributed by atoms with van der Waals surface area (Å²) in [4.78, 5) is 168. The van der Waals surface area contributed by atoms with Crippen molar-refractivity contribution in [3.63, 3.8) is 0 Å². The summed E-state index contributed by atoms with van der Waals surface area (Å²) < 4.78 is 5.82. The Morgan fingerprint density at radius 2 is 0.900 bits per heavy atom. The minimum absolute atomic E-state index is 0.00535. The highest BCUT2D eigenvalue weighted by atomic mass is 16.5. The summed E-state index contributed by atoms with van der Waals surface area (Å²) in [7, 11) is 0. The first kappa shape index (κ1) is 81.5. The summed E-state index contributed by atoms with van der Waals surface area (Å²) in [6, 6.07) is -15.7. The van der Waals surface area contributed by atoms with Crippen LogP contribution in [0.15, 0.2) is 0 Å². The molecule has 10 amide bonds. The van der Waals surface area contributed by atoms with Crippen LogP contribution in [0.2, 0.25) is 0 Å². The van der Waals surface area contributed by atoms with E-state index in [4.69, 9.17) is 4.74 Å². The highest BCUT2D eigenvalue weighted by Crippen LogP contribution is 2.17. The third-order valence-electron chi connectivity index (χ3n) is 15.2. The normalized spacial score (nSPS) is 23.5. The predicted molar refractivity (Wildman–Crippen MR) is 336 cm³/mol. The van der Waals surface area contributed by atoms with E-state index in [-0.39, 0.29) is 55.8 Å². The Labute approximate surface area is 532 Å². The van der Waals surface area contributed by atoms with Gasteiger partial charge in [0.15, 0.2) is 0 Å². The van der Waals surface area contributed by atoms with E-state index in [1.54, 1.807) is 55.4 Å². The molecule has 0 aromatic rings. The molecule has 1 fully saturated rings. The van der Waals surface area contributed by atoms with Gasteiger partial charge in [-0.2, -0.15) is 0 Å². The molecular formula is C63H112N10O17. The molecule has 1 saturated heterocycles. The van der Waals surface area contributed by atoms with Crippen molar-refractivity contribution in [2.24, 2.45) is 35.5 Å². The highest BCUT2D eigenvalue weighted by Gasteiger charge is 2.41. The van der Waals surface area contributed by atoms with Gasteiger partial charge in [0.25, 0.3) is 0 Å². The maximum Gasteiger partial charge on any atom is 0.329 e. The molecule has 0 unspecified atom stereocenters. The number of hydrogen-bond donors (Lipinski definition) is 14. The largest absolute Gasteiger partial charge is 0.481 e. The van der Waals surface area contributed by atoms with Gasteiger partial charge < -0.3 is 78.3 Å². The van der Waals surface area contributed by atoms with Crippen LogP contribution in [0.4, 0.5) is 0 Å². The van der Waals surface area contributed by atoms with Gasteiger partial charge in [0.1, 0.15) is 66.5 Å². The van der Waals surface area contributed by atoms with Crippen LogP contribution in [0, 0.1) is 35.5 Å². The van der Waals surface area contributed by atoms with Crippen molar-refractivity contribution in [2.45, 2.75) is 279 Å². The first-order valence-corrected chi connectivity index (χ1v) is 32.5. The topological polar surface area (TPSA) is 415 Å². The van der Waals surface area contributed by atoms with Crippen molar-refractivity contribution in [3.8, 4) is 0 Å². The number of amides is 10. The molecule has 27 nitrogen and oxygen atoms in total. The Kier molecular flexibility index (Phi) is 38.6. The van der Waals surface area contributed by atoms with Gasteiger partial charge in [-0.3, -0.25) is 52.7 Å². The number of cyclic esters (lactones) is 1. The monoisotopic (exact) mass is 1280 g/mol. The van der Waals surface area contributed by atoms with Crippen LogP contribution < -0.4 is 53.2 Å². The molecule has 0 aliphatic carbocycles. The van der Waals surface area contributed by atoms with Crippen LogP contribution in [0.25, 0.3) is 0 Å². The van der Waals surface area contributed by atoms with Gasteiger partial charge in [0, 0.05) is 6.42 Å². The van der Waals surface area contributed by atoms with E-state index >= 15 is 0 Å². The number of carboxylic acid groups (broad SMARTS) is 1. The van der Waals surface area contributed by atoms with Crippen molar-refractivity contribution in [1.82, 2.24) is 53.2 Å². The Hall–Kier alpha value is -6.48. The zero-order chi connectivity index (χ0) is 68.5. The second-order valence-corrected chi connectivity index (χ2v) is 26.4. The predicted octanol–water partition coefficient (Wildman–Crippen LogP) is 1.80. The van der Waals surface area contributed by atoms with Crippen LogP contribution >= 0.6 is 0 Å². The summed E-state index contributed by atoms with van der Waals surface area (Å²) in [5.74, 6) is -14.8. The van der Waals surface area contributed by atoms with E-state index in [2.05, 4.69) is 60.1 Å². The highest BCUT2D eigenvalue weighted by molar-refractivity contribution is 5.99. The molecule has 0 aromatic carbocycles. The molecule has 90 heavy (non-hydrogen) atoms. The maximum absolute atomic E-state index is 14.8. The average Bonchev–Trinajstić information content (AvgIpc) is 1.42. The molecular weight excluding hydrogens is 1170 g/mol. The number of aliphatic carboxylic acids is 1. The molecule has 0 spiro atoms. The van der Waals surface area contributed by atoms with E-state index in [9.17, 15) is 78.0 Å². The summed E-state index contributed by atoms with van der Waals surface area (Å²) in [6.45, 7) is 21.5. The van der Waals surface area contributed by atoms with E-state index < -0.39 is 182 Å². The minimum atomic E-state index is -1.99. The fourth-order valence-electron chi connectivity index (χ4n) is 10.1. The lowest BCUT2D eigenvalue weighted by Crippen LogP contribution is -2.63. The molecule has 516 valence electrons. The zero-order valence-electron chi connectivity index (χ0n) is 55.9. The van der Waals surface area contributed by atoms with Crippen molar-refractivity contribution < 1.29 is 82.7 Å². The number of ether oxygens (including phenoxy) is 1. The third kappa shape index (κ3) is 31.5. The molecule has 12 atom stereocenters. The fraction of sp³-hybridized carbons (Fsp3) is 0.810. The summed E-state index contributed by atoms with van der Waals surface area (Å²) in [6.07, 6.45) is 5.57. The lowest BCUT2D eigenvalue weighted by Gasteiger charge is -2.32. The Morgan fingerprint density at radius 1 is 0.489 bits per heavy atom. The number of rotatable bonds is 32. The van der Waals surface area contributed by atoms with Gasteiger partial charge >= 0.3 is 11.9 Å². The van der Waals surface area contributed by atoms with Crippen LogP contribution in [0.1, 0.15) is 206 Å². The van der Waals surface area contributed by atoms with E-state index in [0.717, 1.165) is 32.1 Å². The molecule has 0 bridgehead atoms. The Bertz CT molecular complexity index is 2320. The third-order valence-corrected chi connectivity index (χ3v) is 15.2. The van der Waals surface area contributed by atoms with Gasteiger partial charge in [-0.1, -0.05) is 148 Å². The lowest BCUT2D eigenvalue weighted by atomic mass is 9.98. The van der Waals surface area contributed by atoms with Crippen LogP contribution in [-0.2, 0) is 62.3 Å². The maximum atomic E-state index is 14.8. The number of aliphatic hydroxyl groups is 3. The van der Waals surface area contributed by atoms with Crippen LogP contribution in [0.5, 0.6) is 0 Å². The van der Waals surface area contributed by atoms with E-state index in [1.807, 2.05) is 0 Å². The number of nitrogens with one attached hydrogen (secondary N) is 10. The number of hydrogen-bond acceptors (Lipinski definition) is 16. The first-order chi connectivity index (χ1) is 42.1. The van der Waals surface area contributed by atoms with Crippen LogP contribution in [0.3, 0.4) is 0 Å². The SMILES string of the molecule is CCCCCCCCCCC[C@H](O)CC(=O)N[C@H](CC(C)C)C(=O)N[C@@H](CCC(=O)O)C(=O)N[C@H]1C(=O)N[C@H](C(C)C)C(=O)N[C@H](CC(C)C)C(=O)N[C@@H](CO)C(=O)N[C@H](CC(C)C)C(=O)N[C@H](CC(C)C)C(=O)N[C@@H](CO)C(=O)N[C@H](C(C)C)C(=O)O[C@H]1C. The summed E-state index contributed by atoms with van der Waals surface area (Å²) >= 11 is 0. The number of carboxylic acids is 1. The van der Waals surface area contributed by atoms with Crippen LogP contribution in [-0.4, -0.2) is 177 Å². The first-order valence-electron chi connectivity index (χ1n) is 32.5. The fourth-order valence-corrected chi connectivity index (χ4v) is 10.1. The number of esters is 1. The van der Waals surface area contributed by atoms with Gasteiger partial charge in [-0.05, 0) is 81.0 Å². The van der Waals surface area contributed by atoms with Gasteiger partial charge in [-0.15, -0.1) is 0 Å². The average molecular weight is 1280 g/mol. The molecule has 1 heterocycles. The van der Waals surface area contributed by atoms with Gasteiger partial charge in [0.05, 0.1) is 25.7 Å². The number of unbranched alkanes of at least 4 members (excludes halogenated alkanes) is 8. The van der Waals surface area contributed by atoms with E-state index in [1.165, 1.54) is 53.9 Å². The number of aliphatic hydroxyl groups excluding tert-OH is 3. The minimum Gasteiger partial charge on any atom is -0.481 e.